The third-order valence-electron chi connectivity index (χ3n) is 2.29. The van der Waals surface area contributed by atoms with Gasteiger partial charge in [-0.3, -0.25) is 4.79 Å². The molecule has 1 aromatic carbocycles. The molecule has 92 valence electrons. The van der Waals surface area contributed by atoms with Crippen LogP contribution in [0.2, 0.25) is 0 Å². The van der Waals surface area contributed by atoms with Crippen LogP contribution in [0.1, 0.15) is 23.7 Å². The molecule has 0 fully saturated rings. The van der Waals surface area contributed by atoms with E-state index in [2.05, 4.69) is 52.0 Å². The second-order valence-electron chi connectivity index (χ2n) is 3.66. The number of rotatable bonds is 5. The predicted molar refractivity (Wildman–Crippen MR) is 83.3 cm³/mol. The molecule has 0 bridgehead atoms. The first-order valence-corrected chi connectivity index (χ1v) is 7.32. The molecule has 0 N–H and O–H groups in total. The molecule has 0 unspecified atom stereocenters. The van der Waals surface area contributed by atoms with Gasteiger partial charge in [0.15, 0.2) is 0 Å². The molecule has 0 aliphatic carbocycles. The van der Waals surface area contributed by atoms with Gasteiger partial charge in [-0.1, -0.05) is 13.0 Å². The van der Waals surface area contributed by atoms with E-state index in [-0.39, 0.29) is 5.91 Å². The van der Waals surface area contributed by atoms with Crippen molar-refractivity contribution in [1.82, 2.24) is 4.90 Å². The quantitative estimate of drug-likeness (QED) is 0.531. The smallest absolute Gasteiger partial charge is 0.255 e. The van der Waals surface area contributed by atoms with E-state index in [1.54, 1.807) is 6.08 Å². The Balaban J connectivity index is 2.99. The van der Waals surface area contributed by atoms with Crippen molar-refractivity contribution in [3.8, 4) is 0 Å². The lowest BCUT2D eigenvalue weighted by molar-refractivity contribution is 0.0773. The lowest BCUT2D eigenvalue weighted by atomic mass is 10.2. The molecule has 2 nitrogen and oxygen atoms in total. The molecule has 4 heteroatoms. The van der Waals surface area contributed by atoms with Gasteiger partial charge in [0.25, 0.3) is 5.91 Å². The SMILES string of the molecule is C=CCN(CCC)C(=O)c1cc(I)ccc1Br. The minimum Gasteiger partial charge on any atom is -0.335 e. The van der Waals surface area contributed by atoms with Gasteiger partial charge in [0.2, 0.25) is 0 Å². The van der Waals surface area contributed by atoms with Gasteiger partial charge in [0, 0.05) is 21.1 Å². The number of carbonyl (C=O) groups excluding carboxylic acids is 1. The lowest BCUT2D eigenvalue weighted by Gasteiger charge is -2.21. The Morgan fingerprint density at radius 1 is 1.59 bits per heavy atom. The lowest BCUT2D eigenvalue weighted by Crippen LogP contribution is -2.32. The monoisotopic (exact) mass is 407 g/mol. The Kier molecular flexibility index (Phi) is 6.19. The summed E-state index contributed by atoms with van der Waals surface area (Å²) in [5, 5.41) is 0. The van der Waals surface area contributed by atoms with Gasteiger partial charge in [-0.05, 0) is 63.1 Å². The van der Waals surface area contributed by atoms with Gasteiger partial charge in [0.1, 0.15) is 0 Å². The number of carbonyl (C=O) groups is 1. The molecule has 0 aliphatic heterocycles. The van der Waals surface area contributed by atoms with Crippen LogP contribution in [0, 0.1) is 3.57 Å². The van der Waals surface area contributed by atoms with Crippen molar-refractivity contribution >= 4 is 44.4 Å². The molecular formula is C13H15BrINO. The first-order chi connectivity index (χ1) is 8.10. The number of hydrogen-bond acceptors (Lipinski definition) is 1. The third kappa shape index (κ3) is 4.10. The van der Waals surface area contributed by atoms with E-state index in [1.165, 1.54) is 0 Å². The Hall–Kier alpha value is -0.360. The van der Waals surface area contributed by atoms with Gasteiger partial charge < -0.3 is 4.90 Å². The highest BCUT2D eigenvalue weighted by molar-refractivity contribution is 14.1. The molecule has 17 heavy (non-hydrogen) atoms. The Morgan fingerprint density at radius 2 is 2.29 bits per heavy atom. The summed E-state index contributed by atoms with van der Waals surface area (Å²) in [5.74, 6) is 0.0529. The molecule has 0 saturated heterocycles. The van der Waals surface area contributed by atoms with Crippen LogP contribution >= 0.6 is 38.5 Å². The molecule has 0 radical (unpaired) electrons. The highest BCUT2D eigenvalue weighted by Gasteiger charge is 2.16. The van der Waals surface area contributed by atoms with Crippen LogP contribution in [0.25, 0.3) is 0 Å². The summed E-state index contributed by atoms with van der Waals surface area (Å²) in [5.41, 5.74) is 0.715. The zero-order valence-electron chi connectivity index (χ0n) is 9.75. The molecular weight excluding hydrogens is 393 g/mol. The molecule has 0 saturated carbocycles. The van der Waals surface area contributed by atoms with Gasteiger partial charge in [-0.2, -0.15) is 0 Å². The molecule has 0 aliphatic rings. The first kappa shape index (κ1) is 14.7. The van der Waals surface area contributed by atoms with E-state index in [9.17, 15) is 4.79 Å². The summed E-state index contributed by atoms with van der Waals surface area (Å²) in [6.07, 6.45) is 2.70. The number of benzene rings is 1. The van der Waals surface area contributed by atoms with E-state index in [1.807, 2.05) is 23.1 Å². The van der Waals surface area contributed by atoms with Crippen molar-refractivity contribution in [3.05, 3.63) is 44.5 Å². The summed E-state index contributed by atoms with van der Waals surface area (Å²) >= 11 is 5.63. The maximum atomic E-state index is 12.3. The summed E-state index contributed by atoms with van der Waals surface area (Å²) in [6, 6.07) is 5.78. The summed E-state index contributed by atoms with van der Waals surface area (Å²) in [4.78, 5) is 14.2. The van der Waals surface area contributed by atoms with E-state index < -0.39 is 0 Å². The normalized spacial score (nSPS) is 10.1. The first-order valence-electron chi connectivity index (χ1n) is 5.45. The Bertz CT molecular complexity index is 420. The van der Waals surface area contributed by atoms with Crippen molar-refractivity contribution in [3.63, 3.8) is 0 Å². The Morgan fingerprint density at radius 3 is 2.88 bits per heavy atom. The predicted octanol–water partition coefficient (Wildman–Crippen LogP) is 4.09. The fraction of sp³-hybridized carbons (Fsp3) is 0.308. The van der Waals surface area contributed by atoms with Crippen LogP contribution in [0.5, 0.6) is 0 Å². The highest BCUT2D eigenvalue weighted by Crippen LogP contribution is 2.21. The standard InChI is InChI=1S/C13H15BrINO/c1-3-7-16(8-4-2)13(17)11-9-10(15)5-6-12(11)14/h3,5-6,9H,1,4,7-8H2,2H3. The number of nitrogens with zero attached hydrogens (tertiary/aromatic N) is 1. The van der Waals surface area contributed by atoms with Crippen LogP contribution in [-0.4, -0.2) is 23.9 Å². The minimum absolute atomic E-state index is 0.0529. The maximum absolute atomic E-state index is 12.3. The van der Waals surface area contributed by atoms with Crippen molar-refractivity contribution in [2.75, 3.05) is 13.1 Å². The van der Waals surface area contributed by atoms with Crippen molar-refractivity contribution < 1.29 is 4.79 Å². The molecule has 0 spiro atoms. The van der Waals surface area contributed by atoms with E-state index in [0.29, 0.717) is 12.1 Å². The van der Waals surface area contributed by atoms with Crippen LogP contribution in [0.3, 0.4) is 0 Å². The fourth-order valence-corrected chi connectivity index (χ4v) is 2.44. The average molecular weight is 408 g/mol. The van der Waals surface area contributed by atoms with Crippen molar-refractivity contribution in [2.24, 2.45) is 0 Å². The zero-order valence-corrected chi connectivity index (χ0v) is 13.5. The van der Waals surface area contributed by atoms with E-state index in [4.69, 9.17) is 0 Å². The fourth-order valence-electron chi connectivity index (χ4n) is 1.53. The van der Waals surface area contributed by atoms with Gasteiger partial charge in [-0.15, -0.1) is 6.58 Å². The van der Waals surface area contributed by atoms with Gasteiger partial charge in [0.05, 0.1) is 5.56 Å². The summed E-state index contributed by atoms with van der Waals surface area (Å²) in [6.45, 7) is 7.09. The van der Waals surface area contributed by atoms with Crippen LogP contribution < -0.4 is 0 Å². The average Bonchev–Trinajstić information content (AvgIpc) is 2.31. The van der Waals surface area contributed by atoms with Crippen LogP contribution in [0.4, 0.5) is 0 Å². The summed E-state index contributed by atoms with van der Waals surface area (Å²) < 4.78 is 1.90. The summed E-state index contributed by atoms with van der Waals surface area (Å²) in [7, 11) is 0. The zero-order chi connectivity index (χ0) is 12.8. The van der Waals surface area contributed by atoms with E-state index >= 15 is 0 Å². The molecule has 1 amide bonds. The van der Waals surface area contributed by atoms with Crippen LogP contribution in [0.15, 0.2) is 35.3 Å². The third-order valence-corrected chi connectivity index (χ3v) is 3.65. The molecule has 0 heterocycles. The van der Waals surface area contributed by atoms with Crippen molar-refractivity contribution in [1.29, 1.82) is 0 Å². The van der Waals surface area contributed by atoms with Gasteiger partial charge in [-0.25, -0.2) is 0 Å². The number of hydrogen-bond donors (Lipinski definition) is 0. The van der Waals surface area contributed by atoms with E-state index in [0.717, 1.165) is 21.0 Å². The molecule has 0 aromatic heterocycles. The Labute approximate surface area is 124 Å². The molecule has 1 aromatic rings. The van der Waals surface area contributed by atoms with Crippen LogP contribution in [-0.2, 0) is 0 Å². The van der Waals surface area contributed by atoms with Crippen molar-refractivity contribution in [2.45, 2.75) is 13.3 Å². The molecule has 1 rings (SSSR count). The number of halogens is 2. The topological polar surface area (TPSA) is 20.3 Å². The second kappa shape index (κ2) is 7.16. The molecule has 0 atom stereocenters. The largest absolute Gasteiger partial charge is 0.335 e. The maximum Gasteiger partial charge on any atom is 0.255 e. The minimum atomic E-state index is 0.0529. The second-order valence-corrected chi connectivity index (χ2v) is 5.76. The highest BCUT2D eigenvalue weighted by atomic mass is 127. The van der Waals surface area contributed by atoms with Gasteiger partial charge >= 0.3 is 0 Å². The number of amides is 1.